The maximum Gasteiger partial charge on any atom is 0.324 e. The fourth-order valence-electron chi connectivity index (χ4n) is 3.59. The average Bonchev–Trinajstić information content (AvgIpc) is 3.36. The topological polar surface area (TPSA) is 70.8 Å². The third-order valence-electron chi connectivity index (χ3n) is 4.93. The van der Waals surface area contributed by atoms with E-state index in [1.54, 1.807) is 0 Å². The minimum Gasteiger partial charge on any atom is -0.342 e. The molecule has 0 spiro atoms. The quantitative estimate of drug-likeness (QED) is 0.608. The number of H-pyrrole nitrogens is 1. The van der Waals surface area contributed by atoms with E-state index in [0.29, 0.717) is 17.8 Å². The highest BCUT2D eigenvalue weighted by atomic mass is 16.5. The van der Waals surface area contributed by atoms with Crippen LogP contribution in [0.15, 0.2) is 59.1 Å². The first-order chi connectivity index (χ1) is 12.9. The van der Waals surface area contributed by atoms with Crippen molar-refractivity contribution in [2.75, 3.05) is 18.0 Å². The molecule has 3 heterocycles. The summed E-state index contributed by atoms with van der Waals surface area (Å²) in [5.41, 5.74) is 3.07. The summed E-state index contributed by atoms with van der Waals surface area (Å²) in [6, 6.07) is 18.6. The Morgan fingerprint density at radius 2 is 1.85 bits per heavy atom. The molecule has 1 atom stereocenters. The molecule has 0 bridgehead atoms. The molecule has 6 heteroatoms. The van der Waals surface area contributed by atoms with Gasteiger partial charge in [0.15, 0.2) is 0 Å². The first kappa shape index (κ1) is 15.1. The van der Waals surface area contributed by atoms with E-state index in [1.165, 1.54) is 0 Å². The number of fused-ring (bicyclic) bond motifs is 1. The van der Waals surface area contributed by atoms with Crippen LogP contribution in [0, 0.1) is 0 Å². The Kier molecular flexibility index (Phi) is 3.66. The van der Waals surface area contributed by atoms with Crippen molar-refractivity contribution in [2.24, 2.45) is 0 Å². The van der Waals surface area contributed by atoms with Crippen LogP contribution in [-0.2, 0) is 0 Å². The van der Waals surface area contributed by atoms with E-state index in [1.807, 2.05) is 48.5 Å². The van der Waals surface area contributed by atoms with Crippen molar-refractivity contribution in [3.63, 3.8) is 0 Å². The minimum absolute atomic E-state index is 0.336. The summed E-state index contributed by atoms with van der Waals surface area (Å²) in [6.45, 7) is 1.75. The minimum atomic E-state index is 0.336. The molecule has 6 nitrogen and oxygen atoms in total. The zero-order valence-corrected chi connectivity index (χ0v) is 14.3. The summed E-state index contributed by atoms with van der Waals surface area (Å²) in [5, 5.41) is 4.14. The fraction of sp³-hybridized carbons (Fsp3) is 0.250. The second kappa shape index (κ2) is 6.29. The largest absolute Gasteiger partial charge is 0.342 e. The van der Waals surface area contributed by atoms with Crippen molar-refractivity contribution >= 4 is 17.0 Å². The number of nitrogens with one attached hydrogen (secondary N) is 1. The van der Waals surface area contributed by atoms with Crippen LogP contribution in [0.25, 0.3) is 22.4 Å². The summed E-state index contributed by atoms with van der Waals surface area (Å²) in [4.78, 5) is 15.0. The SMILES string of the molecule is c1ccc(-c2noc(N3CCC[C@@H](c4nc5ccccc5[nH]4)C3)n2)cc1. The van der Waals surface area contributed by atoms with Crippen LogP contribution in [0.4, 0.5) is 6.01 Å². The zero-order valence-electron chi connectivity index (χ0n) is 14.3. The summed E-state index contributed by atoms with van der Waals surface area (Å²) < 4.78 is 5.54. The first-order valence-corrected chi connectivity index (χ1v) is 8.95. The van der Waals surface area contributed by atoms with Gasteiger partial charge >= 0.3 is 6.01 Å². The van der Waals surface area contributed by atoms with Gasteiger partial charge in [-0.25, -0.2) is 4.98 Å². The van der Waals surface area contributed by atoms with Crippen LogP contribution in [0.1, 0.15) is 24.6 Å². The van der Waals surface area contributed by atoms with Gasteiger partial charge in [0.05, 0.1) is 11.0 Å². The number of hydrogen-bond acceptors (Lipinski definition) is 5. The van der Waals surface area contributed by atoms with E-state index < -0.39 is 0 Å². The van der Waals surface area contributed by atoms with Crippen LogP contribution in [0.5, 0.6) is 0 Å². The normalized spacial score (nSPS) is 17.7. The standard InChI is InChI=1S/C20H19N5O/c1-2-7-14(8-3-1)19-23-20(26-24-19)25-12-6-9-15(13-25)18-21-16-10-4-5-11-17(16)22-18/h1-5,7-8,10-11,15H,6,9,12-13H2,(H,21,22)/t15-/m1/s1. The highest BCUT2D eigenvalue weighted by Crippen LogP contribution is 2.30. The fourth-order valence-corrected chi connectivity index (χ4v) is 3.59. The Balaban J connectivity index is 1.38. The van der Waals surface area contributed by atoms with Gasteiger partial charge in [-0.15, -0.1) is 0 Å². The van der Waals surface area contributed by atoms with E-state index in [4.69, 9.17) is 9.51 Å². The molecule has 2 aromatic heterocycles. The van der Waals surface area contributed by atoms with Crippen molar-refractivity contribution in [3.05, 3.63) is 60.4 Å². The van der Waals surface area contributed by atoms with Crippen LogP contribution in [0.2, 0.25) is 0 Å². The predicted molar refractivity (Wildman–Crippen MR) is 100 cm³/mol. The Bertz CT molecular complexity index is 990. The van der Waals surface area contributed by atoms with Crippen molar-refractivity contribution < 1.29 is 4.52 Å². The molecule has 0 aliphatic carbocycles. The molecule has 1 N–H and O–H groups in total. The summed E-state index contributed by atoms with van der Waals surface area (Å²) >= 11 is 0. The van der Waals surface area contributed by atoms with Crippen LogP contribution in [0.3, 0.4) is 0 Å². The molecular weight excluding hydrogens is 326 g/mol. The van der Waals surface area contributed by atoms with Crippen molar-refractivity contribution in [2.45, 2.75) is 18.8 Å². The first-order valence-electron chi connectivity index (χ1n) is 8.95. The van der Waals surface area contributed by atoms with Gasteiger partial charge in [0.2, 0.25) is 5.82 Å². The molecule has 1 fully saturated rings. The second-order valence-electron chi connectivity index (χ2n) is 6.69. The number of hydrogen-bond donors (Lipinski definition) is 1. The molecular formula is C20H19N5O. The number of aromatic nitrogens is 4. The summed E-state index contributed by atoms with van der Waals surface area (Å²) in [5.74, 6) is 2.01. The Hall–Kier alpha value is -3.15. The van der Waals surface area contributed by atoms with E-state index >= 15 is 0 Å². The lowest BCUT2D eigenvalue weighted by molar-refractivity contribution is 0.391. The van der Waals surface area contributed by atoms with Gasteiger partial charge in [0.25, 0.3) is 0 Å². The Morgan fingerprint density at radius 1 is 1.00 bits per heavy atom. The number of piperidine rings is 1. The van der Waals surface area contributed by atoms with Gasteiger partial charge < -0.3 is 14.4 Å². The molecule has 0 amide bonds. The molecule has 2 aromatic carbocycles. The van der Waals surface area contributed by atoms with E-state index in [9.17, 15) is 0 Å². The summed E-state index contributed by atoms with van der Waals surface area (Å²) in [7, 11) is 0. The maximum absolute atomic E-state index is 5.54. The molecule has 1 saturated heterocycles. The third-order valence-corrected chi connectivity index (χ3v) is 4.93. The number of imidazole rings is 1. The zero-order chi connectivity index (χ0) is 17.3. The monoisotopic (exact) mass is 345 g/mol. The number of benzene rings is 2. The van der Waals surface area contributed by atoms with Crippen molar-refractivity contribution in [3.8, 4) is 11.4 Å². The predicted octanol–water partition coefficient (Wildman–Crippen LogP) is 4.00. The number of para-hydroxylation sites is 2. The van der Waals surface area contributed by atoms with E-state index in [2.05, 4.69) is 26.1 Å². The molecule has 0 unspecified atom stereocenters. The van der Waals surface area contributed by atoms with Crippen molar-refractivity contribution in [1.82, 2.24) is 20.1 Å². The molecule has 4 aromatic rings. The van der Waals surface area contributed by atoms with Gasteiger partial charge in [-0.2, -0.15) is 4.98 Å². The lowest BCUT2D eigenvalue weighted by atomic mass is 9.98. The molecule has 0 saturated carbocycles. The average molecular weight is 345 g/mol. The van der Waals surface area contributed by atoms with Crippen molar-refractivity contribution in [1.29, 1.82) is 0 Å². The number of nitrogens with zero attached hydrogens (tertiary/aromatic N) is 4. The molecule has 0 radical (unpaired) electrons. The smallest absolute Gasteiger partial charge is 0.324 e. The van der Waals surface area contributed by atoms with Crippen LogP contribution in [-0.4, -0.2) is 33.2 Å². The third kappa shape index (κ3) is 2.73. The van der Waals surface area contributed by atoms with Crippen LogP contribution >= 0.6 is 0 Å². The van der Waals surface area contributed by atoms with Gasteiger partial charge in [0.1, 0.15) is 5.82 Å². The molecule has 1 aliphatic heterocycles. The molecule has 5 rings (SSSR count). The number of anilines is 1. The number of aromatic amines is 1. The highest BCUT2D eigenvalue weighted by Gasteiger charge is 2.27. The lowest BCUT2D eigenvalue weighted by Gasteiger charge is -2.30. The lowest BCUT2D eigenvalue weighted by Crippen LogP contribution is -2.35. The molecule has 1 aliphatic rings. The van der Waals surface area contributed by atoms with Gasteiger partial charge in [0, 0.05) is 24.6 Å². The van der Waals surface area contributed by atoms with E-state index in [-0.39, 0.29) is 0 Å². The highest BCUT2D eigenvalue weighted by molar-refractivity contribution is 5.74. The van der Waals surface area contributed by atoms with Crippen LogP contribution < -0.4 is 4.90 Å². The second-order valence-corrected chi connectivity index (χ2v) is 6.69. The van der Waals surface area contributed by atoms with Gasteiger partial charge in [-0.1, -0.05) is 47.6 Å². The van der Waals surface area contributed by atoms with Gasteiger partial charge in [-0.05, 0) is 25.0 Å². The Labute approximate surface area is 150 Å². The van der Waals surface area contributed by atoms with Gasteiger partial charge in [-0.3, -0.25) is 0 Å². The molecule has 130 valence electrons. The molecule has 26 heavy (non-hydrogen) atoms. The maximum atomic E-state index is 5.54. The Morgan fingerprint density at radius 3 is 2.73 bits per heavy atom. The van der Waals surface area contributed by atoms with E-state index in [0.717, 1.165) is 48.4 Å². The number of rotatable bonds is 3. The summed E-state index contributed by atoms with van der Waals surface area (Å²) in [6.07, 6.45) is 2.18.